The highest BCUT2D eigenvalue weighted by molar-refractivity contribution is 6.00. The molecular formula is C22H26N2O4. The molecule has 0 fully saturated rings. The molecule has 0 aromatic heterocycles. The largest absolute Gasteiger partial charge is 0.494 e. The minimum Gasteiger partial charge on any atom is -0.494 e. The van der Waals surface area contributed by atoms with Crippen LogP contribution >= 0.6 is 0 Å². The van der Waals surface area contributed by atoms with Crippen LogP contribution < -0.4 is 14.8 Å². The fraction of sp³-hybridized carbons (Fsp3) is 0.364. The summed E-state index contributed by atoms with van der Waals surface area (Å²) in [5.74, 6) is 0.974. The number of hydrogen-bond donors (Lipinski definition) is 1. The van der Waals surface area contributed by atoms with Crippen molar-refractivity contribution in [3.8, 4) is 11.5 Å². The lowest BCUT2D eigenvalue weighted by Crippen LogP contribution is -2.27. The molecule has 1 aliphatic heterocycles. The van der Waals surface area contributed by atoms with Gasteiger partial charge in [0.15, 0.2) is 0 Å². The molecule has 6 nitrogen and oxygen atoms in total. The Balaban J connectivity index is 1.83. The Morgan fingerprint density at radius 1 is 1.00 bits per heavy atom. The quantitative estimate of drug-likeness (QED) is 0.824. The molecule has 4 bridgehead atoms. The Morgan fingerprint density at radius 3 is 2.50 bits per heavy atom. The Bertz CT molecular complexity index is 848. The molecule has 1 heterocycles. The number of amides is 2. The number of fused-ring (bicyclic) bond motifs is 4. The zero-order valence-corrected chi connectivity index (χ0v) is 16.4. The summed E-state index contributed by atoms with van der Waals surface area (Å²) in [6.45, 7) is 1.60. The number of nitrogens with one attached hydrogen (secondary N) is 1. The predicted octanol–water partition coefficient (Wildman–Crippen LogP) is 2.91. The molecule has 28 heavy (non-hydrogen) atoms. The van der Waals surface area contributed by atoms with Gasteiger partial charge in [0.05, 0.1) is 13.2 Å². The van der Waals surface area contributed by atoms with E-state index in [1.165, 1.54) is 4.90 Å². The topological polar surface area (TPSA) is 67.9 Å². The summed E-state index contributed by atoms with van der Waals surface area (Å²) >= 11 is 0. The molecule has 1 aliphatic rings. The second kappa shape index (κ2) is 9.26. The van der Waals surface area contributed by atoms with Crippen LogP contribution in [0, 0.1) is 0 Å². The highest BCUT2D eigenvalue weighted by atomic mass is 16.5. The van der Waals surface area contributed by atoms with Gasteiger partial charge in [0.2, 0.25) is 0 Å². The number of carbonyl (C=O) groups excluding carboxylic acids is 2. The lowest BCUT2D eigenvalue weighted by molar-refractivity contribution is 0.0827. The van der Waals surface area contributed by atoms with Crippen molar-refractivity contribution in [2.24, 2.45) is 0 Å². The smallest absolute Gasteiger partial charge is 0.253 e. The van der Waals surface area contributed by atoms with Crippen LogP contribution in [-0.2, 0) is 6.42 Å². The second-order valence-electron chi connectivity index (χ2n) is 7.00. The summed E-state index contributed by atoms with van der Waals surface area (Å²) in [4.78, 5) is 26.5. The van der Waals surface area contributed by atoms with Crippen LogP contribution in [0.25, 0.3) is 0 Å². The molecule has 3 rings (SSSR count). The van der Waals surface area contributed by atoms with Gasteiger partial charge in [-0.3, -0.25) is 9.59 Å². The van der Waals surface area contributed by atoms with Gasteiger partial charge in [0.25, 0.3) is 11.8 Å². The average Bonchev–Trinajstić information content (AvgIpc) is 2.69. The van der Waals surface area contributed by atoms with Gasteiger partial charge in [-0.05, 0) is 55.2 Å². The van der Waals surface area contributed by atoms with Gasteiger partial charge in [-0.1, -0.05) is 12.1 Å². The number of carbonyl (C=O) groups is 2. The third kappa shape index (κ3) is 5.25. The van der Waals surface area contributed by atoms with E-state index < -0.39 is 0 Å². The van der Waals surface area contributed by atoms with Crippen molar-refractivity contribution < 1.29 is 19.1 Å². The maximum Gasteiger partial charge on any atom is 0.253 e. The summed E-state index contributed by atoms with van der Waals surface area (Å²) < 4.78 is 11.6. The molecule has 0 radical (unpaired) electrons. The van der Waals surface area contributed by atoms with Gasteiger partial charge in [-0.25, -0.2) is 0 Å². The first kappa shape index (κ1) is 19.7. The van der Waals surface area contributed by atoms with Crippen molar-refractivity contribution in [2.75, 3.05) is 33.9 Å². The molecule has 2 aromatic carbocycles. The van der Waals surface area contributed by atoms with E-state index in [1.807, 2.05) is 24.3 Å². The van der Waals surface area contributed by atoms with Crippen LogP contribution in [0.15, 0.2) is 42.5 Å². The van der Waals surface area contributed by atoms with Crippen LogP contribution in [-0.4, -0.2) is 50.6 Å². The Morgan fingerprint density at radius 2 is 1.75 bits per heavy atom. The van der Waals surface area contributed by atoms with E-state index in [-0.39, 0.29) is 11.8 Å². The fourth-order valence-electron chi connectivity index (χ4n) is 2.99. The fourth-order valence-corrected chi connectivity index (χ4v) is 2.99. The summed E-state index contributed by atoms with van der Waals surface area (Å²) in [6, 6.07) is 12.9. The number of nitrogens with zero attached hydrogens (tertiary/aromatic N) is 1. The van der Waals surface area contributed by atoms with E-state index in [1.54, 1.807) is 32.3 Å². The monoisotopic (exact) mass is 382 g/mol. The molecule has 2 amide bonds. The van der Waals surface area contributed by atoms with E-state index in [2.05, 4.69) is 5.32 Å². The minimum absolute atomic E-state index is 0.167. The Hall–Kier alpha value is -3.02. The van der Waals surface area contributed by atoms with Gasteiger partial charge >= 0.3 is 0 Å². The first-order chi connectivity index (χ1) is 13.5. The summed E-state index contributed by atoms with van der Waals surface area (Å²) in [6.07, 6.45) is 2.36. The summed E-state index contributed by atoms with van der Waals surface area (Å²) in [5, 5.41) is 2.92. The van der Waals surface area contributed by atoms with Crippen LogP contribution in [0.5, 0.6) is 11.5 Å². The van der Waals surface area contributed by atoms with Crippen molar-refractivity contribution in [3.63, 3.8) is 0 Å². The first-order valence-corrected chi connectivity index (χ1v) is 9.52. The standard InChI is InChI=1S/C22H26N2O4/c1-24(2)22(26)18-13-17-14-20(15-18)28-11-4-3-10-27-19-7-5-6-16(12-19)8-9-23-21(17)25/h5-7,12-15H,3-4,8-11H2,1-2H3,(H,23,25). The highest BCUT2D eigenvalue weighted by Crippen LogP contribution is 2.20. The van der Waals surface area contributed by atoms with Crippen LogP contribution in [0.2, 0.25) is 0 Å². The van der Waals surface area contributed by atoms with E-state index in [4.69, 9.17) is 9.47 Å². The van der Waals surface area contributed by atoms with E-state index in [0.29, 0.717) is 43.1 Å². The summed E-state index contributed by atoms with van der Waals surface area (Å²) in [5.41, 5.74) is 1.96. The van der Waals surface area contributed by atoms with Crippen LogP contribution in [0.3, 0.4) is 0 Å². The van der Waals surface area contributed by atoms with Gasteiger partial charge < -0.3 is 19.7 Å². The molecule has 0 saturated heterocycles. The lowest BCUT2D eigenvalue weighted by Gasteiger charge is -2.15. The molecular weight excluding hydrogens is 356 g/mol. The zero-order valence-electron chi connectivity index (χ0n) is 16.4. The van der Waals surface area contributed by atoms with E-state index in [0.717, 1.165) is 24.2 Å². The molecule has 0 saturated carbocycles. The van der Waals surface area contributed by atoms with Gasteiger partial charge in [-0.15, -0.1) is 0 Å². The van der Waals surface area contributed by atoms with E-state index >= 15 is 0 Å². The SMILES string of the molecule is CN(C)C(=O)c1cc2cc(c1)C(=O)NCCc1cccc(c1)OCCCCO2. The third-order valence-corrected chi connectivity index (χ3v) is 4.50. The van der Waals surface area contributed by atoms with E-state index in [9.17, 15) is 9.59 Å². The van der Waals surface area contributed by atoms with Crippen molar-refractivity contribution in [1.82, 2.24) is 10.2 Å². The number of ether oxygens (including phenoxy) is 2. The minimum atomic E-state index is -0.224. The van der Waals surface area contributed by atoms with Gasteiger partial charge in [0, 0.05) is 31.8 Å². The molecule has 0 aliphatic carbocycles. The molecule has 0 spiro atoms. The second-order valence-corrected chi connectivity index (χ2v) is 7.00. The van der Waals surface area contributed by atoms with Crippen molar-refractivity contribution in [2.45, 2.75) is 19.3 Å². The molecule has 0 unspecified atom stereocenters. The van der Waals surface area contributed by atoms with Crippen LogP contribution in [0.1, 0.15) is 39.1 Å². The van der Waals surface area contributed by atoms with Gasteiger partial charge in [-0.2, -0.15) is 0 Å². The summed E-state index contributed by atoms with van der Waals surface area (Å²) in [7, 11) is 3.37. The van der Waals surface area contributed by atoms with Crippen molar-refractivity contribution in [3.05, 3.63) is 59.2 Å². The van der Waals surface area contributed by atoms with Crippen molar-refractivity contribution in [1.29, 1.82) is 0 Å². The highest BCUT2D eigenvalue weighted by Gasteiger charge is 2.15. The normalized spacial score (nSPS) is 15.0. The number of benzene rings is 2. The predicted molar refractivity (Wildman–Crippen MR) is 107 cm³/mol. The van der Waals surface area contributed by atoms with Crippen molar-refractivity contribution >= 4 is 11.8 Å². The molecule has 148 valence electrons. The molecule has 1 N–H and O–H groups in total. The maximum atomic E-state index is 12.6. The third-order valence-electron chi connectivity index (χ3n) is 4.50. The molecule has 0 atom stereocenters. The number of rotatable bonds is 1. The first-order valence-electron chi connectivity index (χ1n) is 9.52. The van der Waals surface area contributed by atoms with Gasteiger partial charge in [0.1, 0.15) is 11.5 Å². The lowest BCUT2D eigenvalue weighted by atomic mass is 10.1. The Kier molecular flexibility index (Phi) is 6.53. The average molecular weight is 382 g/mol. The zero-order chi connectivity index (χ0) is 19.9. The molecule has 2 aromatic rings. The Labute approximate surface area is 165 Å². The molecule has 6 heteroatoms. The van der Waals surface area contributed by atoms with Crippen LogP contribution in [0.4, 0.5) is 0 Å². The number of hydrogen-bond acceptors (Lipinski definition) is 4. The maximum absolute atomic E-state index is 12.6.